The second kappa shape index (κ2) is 10.7. The third-order valence-electron chi connectivity index (χ3n) is 11.2. The summed E-state index contributed by atoms with van der Waals surface area (Å²) in [7, 11) is 0. The van der Waals surface area contributed by atoms with Gasteiger partial charge in [0.25, 0.3) is 0 Å². The van der Waals surface area contributed by atoms with Gasteiger partial charge in [-0.05, 0) is 60.7 Å². The second-order valence-electron chi connectivity index (χ2n) is 13.9. The van der Waals surface area contributed by atoms with Crippen molar-refractivity contribution in [1.82, 2.24) is 18.7 Å². The minimum atomic E-state index is 0.902. The van der Waals surface area contributed by atoms with Crippen LogP contribution in [-0.4, -0.2) is 18.7 Å². The molecule has 0 aliphatic heterocycles. The van der Waals surface area contributed by atoms with Gasteiger partial charge in [0.1, 0.15) is 5.82 Å². The third kappa shape index (κ3) is 3.87. The van der Waals surface area contributed by atoms with Gasteiger partial charge in [0, 0.05) is 48.7 Å². The van der Waals surface area contributed by atoms with Gasteiger partial charge < -0.3 is 9.13 Å². The average molecular weight is 675 g/mol. The van der Waals surface area contributed by atoms with Gasteiger partial charge in [-0.2, -0.15) is 0 Å². The van der Waals surface area contributed by atoms with E-state index >= 15 is 0 Å². The molecule has 246 valence electrons. The van der Waals surface area contributed by atoms with E-state index in [0.717, 1.165) is 28.1 Å². The molecule has 4 aromatic heterocycles. The normalized spacial score (nSPS) is 12.2. The monoisotopic (exact) mass is 674 g/mol. The summed E-state index contributed by atoms with van der Waals surface area (Å²) >= 11 is 0. The van der Waals surface area contributed by atoms with E-state index < -0.39 is 0 Å². The molecule has 0 N–H and O–H groups in total. The standard InChI is InChI=1S/C49H30N4/c1-2-13-31(14-3-1)38-19-12-24-47(50-38)53-45-29-27-43(51-39-20-8-4-15-32(39)33-16-5-9-21-40(33)51)36-25-26-37-44(28-30-46(53)49(37)48(36)45)52-41-22-10-6-17-34(41)35-18-7-11-23-42(35)52/h1-30H. The van der Waals surface area contributed by atoms with Crippen molar-refractivity contribution in [2.45, 2.75) is 0 Å². The van der Waals surface area contributed by atoms with Crippen molar-refractivity contribution < 1.29 is 0 Å². The van der Waals surface area contributed by atoms with Gasteiger partial charge in [0.15, 0.2) is 0 Å². The number of hydrogen-bond donors (Lipinski definition) is 0. The Morgan fingerprint density at radius 1 is 0.283 bits per heavy atom. The number of pyridine rings is 1. The molecule has 0 saturated heterocycles. The second-order valence-corrected chi connectivity index (χ2v) is 13.9. The van der Waals surface area contributed by atoms with E-state index in [0.29, 0.717) is 0 Å². The molecule has 53 heavy (non-hydrogen) atoms. The number of benzene rings is 8. The maximum atomic E-state index is 5.31. The van der Waals surface area contributed by atoms with E-state index in [1.165, 1.54) is 76.5 Å². The van der Waals surface area contributed by atoms with E-state index in [-0.39, 0.29) is 0 Å². The van der Waals surface area contributed by atoms with Gasteiger partial charge in [-0.3, -0.25) is 4.57 Å². The van der Waals surface area contributed by atoms with E-state index in [1.807, 2.05) is 0 Å². The van der Waals surface area contributed by atoms with E-state index in [9.17, 15) is 0 Å². The summed E-state index contributed by atoms with van der Waals surface area (Å²) in [6.07, 6.45) is 0. The zero-order valence-electron chi connectivity index (χ0n) is 28.6. The molecule has 12 rings (SSSR count). The van der Waals surface area contributed by atoms with Gasteiger partial charge in [-0.15, -0.1) is 0 Å². The fourth-order valence-corrected chi connectivity index (χ4v) is 9.04. The van der Waals surface area contributed by atoms with Crippen LogP contribution in [0.15, 0.2) is 182 Å². The Bertz CT molecular complexity index is 3100. The molecule has 12 aromatic rings. The first-order valence-electron chi connectivity index (χ1n) is 18.2. The lowest BCUT2D eigenvalue weighted by molar-refractivity contribution is 1.08. The molecule has 0 aliphatic rings. The van der Waals surface area contributed by atoms with Crippen LogP contribution in [0.4, 0.5) is 0 Å². The highest BCUT2D eigenvalue weighted by molar-refractivity contribution is 6.28. The van der Waals surface area contributed by atoms with Crippen molar-refractivity contribution in [3.8, 4) is 28.5 Å². The van der Waals surface area contributed by atoms with Crippen LogP contribution in [0.1, 0.15) is 0 Å². The Kier molecular flexibility index (Phi) is 5.74. The molecule has 4 nitrogen and oxygen atoms in total. The van der Waals surface area contributed by atoms with Crippen LogP contribution >= 0.6 is 0 Å². The van der Waals surface area contributed by atoms with Crippen LogP contribution in [0, 0.1) is 0 Å². The Morgan fingerprint density at radius 3 is 1.19 bits per heavy atom. The summed E-state index contributed by atoms with van der Waals surface area (Å²) in [5.41, 5.74) is 11.5. The van der Waals surface area contributed by atoms with Gasteiger partial charge >= 0.3 is 0 Å². The molecule has 0 aliphatic carbocycles. The van der Waals surface area contributed by atoms with E-state index in [2.05, 4.69) is 196 Å². The van der Waals surface area contributed by atoms with Gasteiger partial charge in [-0.25, -0.2) is 4.98 Å². The lowest BCUT2D eigenvalue weighted by Crippen LogP contribution is -1.99. The lowest BCUT2D eigenvalue weighted by atomic mass is 9.99. The molecular formula is C49H30N4. The summed E-state index contributed by atoms with van der Waals surface area (Å²) in [4.78, 5) is 5.31. The molecule has 0 radical (unpaired) electrons. The molecule has 0 unspecified atom stereocenters. The van der Waals surface area contributed by atoms with Crippen molar-refractivity contribution in [1.29, 1.82) is 0 Å². The van der Waals surface area contributed by atoms with Crippen LogP contribution in [-0.2, 0) is 0 Å². The third-order valence-corrected chi connectivity index (χ3v) is 11.2. The molecule has 0 spiro atoms. The fraction of sp³-hybridized carbons (Fsp3) is 0. The number of fused-ring (bicyclic) bond motifs is 6. The molecule has 0 amide bonds. The predicted molar refractivity (Wildman–Crippen MR) is 221 cm³/mol. The van der Waals surface area contributed by atoms with Crippen LogP contribution in [0.5, 0.6) is 0 Å². The predicted octanol–water partition coefficient (Wildman–Crippen LogP) is 12.6. The first-order chi connectivity index (χ1) is 26.3. The highest BCUT2D eigenvalue weighted by Crippen LogP contribution is 2.45. The van der Waals surface area contributed by atoms with Gasteiger partial charge in [0.2, 0.25) is 0 Å². The fourth-order valence-electron chi connectivity index (χ4n) is 9.04. The molecule has 0 saturated carbocycles. The van der Waals surface area contributed by atoms with Crippen LogP contribution in [0.3, 0.4) is 0 Å². The molecule has 0 fully saturated rings. The highest BCUT2D eigenvalue weighted by atomic mass is 15.1. The summed E-state index contributed by atoms with van der Waals surface area (Å²) in [5, 5.41) is 9.94. The number of rotatable bonds is 4. The van der Waals surface area contributed by atoms with Crippen molar-refractivity contribution in [2.75, 3.05) is 0 Å². The summed E-state index contributed by atoms with van der Waals surface area (Å²) < 4.78 is 7.26. The minimum Gasteiger partial charge on any atom is -0.309 e. The average Bonchev–Trinajstić information content (AvgIpc) is 3.87. The van der Waals surface area contributed by atoms with Crippen molar-refractivity contribution in [3.63, 3.8) is 0 Å². The first kappa shape index (κ1) is 28.5. The Hall–Kier alpha value is -7.17. The number of para-hydroxylation sites is 4. The van der Waals surface area contributed by atoms with Crippen LogP contribution < -0.4 is 0 Å². The quantitative estimate of drug-likeness (QED) is 0.171. The molecule has 0 bridgehead atoms. The van der Waals surface area contributed by atoms with Gasteiger partial charge in [0.05, 0.1) is 50.2 Å². The zero-order valence-corrected chi connectivity index (χ0v) is 28.6. The number of nitrogens with zero attached hydrogens (tertiary/aromatic N) is 4. The minimum absolute atomic E-state index is 0.902. The Labute approximate surface area is 304 Å². The number of aromatic nitrogens is 4. The maximum absolute atomic E-state index is 5.31. The topological polar surface area (TPSA) is 27.7 Å². The van der Waals surface area contributed by atoms with Crippen molar-refractivity contribution in [2.24, 2.45) is 0 Å². The Balaban J connectivity index is 1.22. The Morgan fingerprint density at radius 2 is 0.717 bits per heavy atom. The highest BCUT2D eigenvalue weighted by Gasteiger charge is 2.24. The largest absolute Gasteiger partial charge is 0.309 e. The van der Waals surface area contributed by atoms with E-state index in [4.69, 9.17) is 4.98 Å². The van der Waals surface area contributed by atoms with Crippen molar-refractivity contribution >= 4 is 76.2 Å². The summed E-state index contributed by atoms with van der Waals surface area (Å²) in [6, 6.07) is 65.8. The van der Waals surface area contributed by atoms with Crippen LogP contribution in [0.2, 0.25) is 0 Å². The molecule has 4 heteroatoms. The first-order valence-corrected chi connectivity index (χ1v) is 18.2. The lowest BCUT2D eigenvalue weighted by Gasteiger charge is -2.15. The SMILES string of the molecule is c1ccc(-c2cccc(-n3c4ccc(-n5c6ccccc6c6ccccc65)c5ccc6c(-n7c8ccccc8c8ccccc87)ccc3c6c54)n2)cc1. The summed E-state index contributed by atoms with van der Waals surface area (Å²) in [5.74, 6) is 0.902. The van der Waals surface area contributed by atoms with E-state index in [1.54, 1.807) is 0 Å². The van der Waals surface area contributed by atoms with Crippen molar-refractivity contribution in [3.05, 3.63) is 182 Å². The smallest absolute Gasteiger partial charge is 0.138 e. The number of hydrogen-bond acceptors (Lipinski definition) is 1. The molecule has 4 heterocycles. The maximum Gasteiger partial charge on any atom is 0.138 e. The molecule has 0 atom stereocenters. The summed E-state index contributed by atoms with van der Waals surface area (Å²) in [6.45, 7) is 0. The van der Waals surface area contributed by atoms with Crippen LogP contribution in [0.25, 0.3) is 105 Å². The van der Waals surface area contributed by atoms with Gasteiger partial charge in [-0.1, -0.05) is 121 Å². The molecular weight excluding hydrogens is 645 g/mol. The zero-order chi connectivity index (χ0) is 34.6. The molecule has 8 aromatic carbocycles.